The first-order valence-electron chi connectivity index (χ1n) is 8.04. The fraction of sp³-hybridized carbons (Fsp3) is 0.105. The second kappa shape index (κ2) is 6.33. The van der Waals surface area contributed by atoms with Crippen LogP contribution in [0.15, 0.2) is 70.7 Å². The molecule has 0 atom stereocenters. The lowest BCUT2D eigenvalue weighted by molar-refractivity contribution is -0.552. The molecule has 25 heavy (non-hydrogen) atoms. The summed E-state index contributed by atoms with van der Waals surface area (Å²) >= 11 is 0. The van der Waals surface area contributed by atoms with Crippen LogP contribution in [0.4, 0.5) is 5.69 Å². The summed E-state index contributed by atoms with van der Waals surface area (Å²) in [5.41, 5.74) is 3.07. The number of pyridine rings is 1. The van der Waals surface area contributed by atoms with Crippen molar-refractivity contribution in [2.45, 2.75) is 6.54 Å². The van der Waals surface area contributed by atoms with Crippen LogP contribution in [0.2, 0.25) is 0 Å². The Labute approximate surface area is 144 Å². The molecule has 2 aromatic heterocycles. The smallest absolute Gasteiger partial charge is 0.337 e. The SMILES string of the molecule is O=c1c(N=C2C(c3ccccc3)=Cc3cccc[n+]32)c[nH]n1CCO. The third kappa shape index (κ3) is 2.72. The Morgan fingerprint density at radius 3 is 2.72 bits per heavy atom. The van der Waals surface area contributed by atoms with E-state index in [0.29, 0.717) is 11.5 Å². The lowest BCUT2D eigenvalue weighted by atomic mass is 10.1. The molecule has 1 aliphatic rings. The van der Waals surface area contributed by atoms with E-state index in [1.165, 1.54) is 4.68 Å². The average molecular weight is 333 g/mol. The molecule has 1 aromatic carbocycles. The molecule has 3 aromatic rings. The predicted molar refractivity (Wildman–Crippen MR) is 95.6 cm³/mol. The van der Waals surface area contributed by atoms with Gasteiger partial charge in [0.25, 0.3) is 5.69 Å². The number of H-pyrrole nitrogens is 1. The van der Waals surface area contributed by atoms with E-state index in [-0.39, 0.29) is 18.7 Å². The van der Waals surface area contributed by atoms with Crippen LogP contribution in [0, 0.1) is 0 Å². The highest BCUT2D eigenvalue weighted by atomic mass is 16.3. The molecule has 6 heteroatoms. The standard InChI is InChI=1S/C19H16N4O2/c24-11-10-23-19(25)17(13-20-23)21-18-16(14-6-2-1-3-7-14)12-15-8-4-5-9-22(15)18/h1-9,12-13,24H,10-11H2/p+1. The normalized spacial score (nSPS) is 14.6. The number of hydrogen-bond acceptors (Lipinski definition) is 3. The molecule has 0 radical (unpaired) electrons. The van der Waals surface area contributed by atoms with Gasteiger partial charge in [0.2, 0.25) is 0 Å². The largest absolute Gasteiger partial charge is 0.394 e. The van der Waals surface area contributed by atoms with Crippen LogP contribution in [0.5, 0.6) is 0 Å². The molecule has 0 fully saturated rings. The molecule has 6 nitrogen and oxygen atoms in total. The van der Waals surface area contributed by atoms with Crippen molar-refractivity contribution in [2.75, 3.05) is 6.61 Å². The molecule has 0 bridgehead atoms. The number of aliphatic hydroxyl groups excluding tert-OH is 1. The maximum absolute atomic E-state index is 12.4. The van der Waals surface area contributed by atoms with Gasteiger partial charge in [-0.2, -0.15) is 4.57 Å². The zero-order valence-corrected chi connectivity index (χ0v) is 13.5. The fourth-order valence-electron chi connectivity index (χ4n) is 2.91. The molecule has 4 rings (SSSR count). The first-order valence-corrected chi connectivity index (χ1v) is 8.04. The van der Waals surface area contributed by atoms with E-state index in [9.17, 15) is 4.79 Å². The number of aliphatic imine (C=N–C) groups is 1. The Morgan fingerprint density at radius 2 is 1.92 bits per heavy atom. The topological polar surface area (TPSA) is 74.3 Å². The summed E-state index contributed by atoms with van der Waals surface area (Å²) < 4.78 is 3.31. The monoisotopic (exact) mass is 333 g/mol. The summed E-state index contributed by atoms with van der Waals surface area (Å²) in [6.07, 6.45) is 5.56. The quantitative estimate of drug-likeness (QED) is 0.712. The lowest BCUT2D eigenvalue weighted by Crippen LogP contribution is -2.42. The van der Waals surface area contributed by atoms with Gasteiger partial charge in [-0.05, 0) is 22.7 Å². The van der Waals surface area contributed by atoms with E-state index in [1.807, 2.05) is 59.3 Å². The molecule has 1 aliphatic heterocycles. The highest BCUT2D eigenvalue weighted by Crippen LogP contribution is 2.24. The maximum Gasteiger partial charge on any atom is 0.337 e. The number of aromatic amines is 1. The van der Waals surface area contributed by atoms with Crippen molar-refractivity contribution in [1.82, 2.24) is 9.78 Å². The van der Waals surface area contributed by atoms with Gasteiger partial charge in [0.15, 0.2) is 0 Å². The van der Waals surface area contributed by atoms with E-state index in [4.69, 9.17) is 5.11 Å². The molecular formula is C19H17N4O2+. The highest BCUT2D eigenvalue weighted by molar-refractivity contribution is 6.25. The number of fused-ring (bicyclic) bond motifs is 1. The number of nitrogens with zero attached hydrogens (tertiary/aromatic N) is 3. The van der Waals surface area contributed by atoms with Gasteiger partial charge in [0.1, 0.15) is 5.69 Å². The molecule has 3 heterocycles. The van der Waals surface area contributed by atoms with Gasteiger partial charge in [-0.25, -0.2) is 4.68 Å². The van der Waals surface area contributed by atoms with Crippen molar-refractivity contribution in [3.8, 4) is 0 Å². The molecule has 0 amide bonds. The van der Waals surface area contributed by atoms with Crippen LogP contribution in [0.3, 0.4) is 0 Å². The molecule has 0 aliphatic carbocycles. The summed E-state index contributed by atoms with van der Waals surface area (Å²) in [5.74, 6) is 0.703. The van der Waals surface area contributed by atoms with Gasteiger partial charge < -0.3 is 5.11 Å². The van der Waals surface area contributed by atoms with Crippen LogP contribution in [0.1, 0.15) is 11.3 Å². The van der Waals surface area contributed by atoms with Crippen molar-refractivity contribution in [3.63, 3.8) is 0 Å². The molecule has 0 spiro atoms. The number of benzene rings is 1. The number of allylic oxidation sites excluding steroid dienone is 1. The lowest BCUT2D eigenvalue weighted by Gasteiger charge is -2.00. The Hall–Kier alpha value is -3.25. The maximum atomic E-state index is 12.4. The van der Waals surface area contributed by atoms with E-state index >= 15 is 0 Å². The molecular weight excluding hydrogens is 316 g/mol. The predicted octanol–water partition coefficient (Wildman–Crippen LogP) is 1.59. The van der Waals surface area contributed by atoms with E-state index < -0.39 is 0 Å². The second-order valence-corrected chi connectivity index (χ2v) is 5.69. The Bertz CT molecular complexity index is 1030. The average Bonchev–Trinajstić information content (AvgIpc) is 3.19. The first kappa shape index (κ1) is 15.3. The minimum absolute atomic E-state index is 0.108. The fourth-order valence-corrected chi connectivity index (χ4v) is 2.91. The summed E-state index contributed by atoms with van der Waals surface area (Å²) in [7, 11) is 0. The Morgan fingerprint density at radius 1 is 1.12 bits per heavy atom. The van der Waals surface area contributed by atoms with Gasteiger partial charge in [0.05, 0.1) is 31.1 Å². The van der Waals surface area contributed by atoms with Crippen molar-refractivity contribution in [1.29, 1.82) is 0 Å². The number of aliphatic hydroxyl groups is 1. The minimum atomic E-state index is -0.251. The third-order valence-electron chi connectivity index (χ3n) is 4.11. The molecule has 0 saturated heterocycles. The number of rotatable bonds is 4. The third-order valence-corrected chi connectivity index (χ3v) is 4.11. The van der Waals surface area contributed by atoms with E-state index in [1.54, 1.807) is 6.20 Å². The van der Waals surface area contributed by atoms with E-state index in [0.717, 1.165) is 16.8 Å². The van der Waals surface area contributed by atoms with Crippen LogP contribution in [-0.4, -0.2) is 27.3 Å². The zero-order valence-electron chi connectivity index (χ0n) is 13.5. The summed E-state index contributed by atoms with van der Waals surface area (Å²) in [5, 5.41) is 11.9. The summed E-state index contributed by atoms with van der Waals surface area (Å²) in [6.45, 7) is 0.109. The van der Waals surface area contributed by atoms with Crippen LogP contribution < -0.4 is 10.1 Å². The summed E-state index contributed by atoms with van der Waals surface area (Å²) in [4.78, 5) is 17.0. The zero-order chi connectivity index (χ0) is 17.2. The Balaban J connectivity index is 1.86. The first-order chi connectivity index (χ1) is 12.3. The number of hydrogen-bond donors (Lipinski definition) is 2. The van der Waals surface area contributed by atoms with Crippen molar-refractivity contribution in [3.05, 3.63) is 82.5 Å². The molecule has 0 unspecified atom stereocenters. The second-order valence-electron chi connectivity index (χ2n) is 5.69. The Kier molecular flexibility index (Phi) is 3.87. The molecule has 124 valence electrons. The highest BCUT2D eigenvalue weighted by Gasteiger charge is 2.30. The number of nitrogens with one attached hydrogen (secondary N) is 1. The van der Waals surface area contributed by atoms with Gasteiger partial charge in [-0.1, -0.05) is 36.4 Å². The summed E-state index contributed by atoms with van der Waals surface area (Å²) in [6, 6.07) is 15.9. The van der Waals surface area contributed by atoms with Gasteiger partial charge >= 0.3 is 11.4 Å². The molecule has 0 saturated carbocycles. The minimum Gasteiger partial charge on any atom is -0.394 e. The van der Waals surface area contributed by atoms with Crippen molar-refractivity contribution >= 4 is 23.2 Å². The van der Waals surface area contributed by atoms with Gasteiger partial charge in [0, 0.05) is 6.08 Å². The van der Waals surface area contributed by atoms with Gasteiger partial charge in [-0.15, -0.1) is 0 Å². The van der Waals surface area contributed by atoms with Gasteiger partial charge in [-0.3, -0.25) is 9.89 Å². The van der Waals surface area contributed by atoms with Crippen LogP contribution in [-0.2, 0) is 6.54 Å². The van der Waals surface area contributed by atoms with Crippen molar-refractivity contribution < 1.29 is 9.67 Å². The number of aromatic nitrogens is 3. The van der Waals surface area contributed by atoms with Crippen molar-refractivity contribution in [2.24, 2.45) is 4.99 Å². The van der Waals surface area contributed by atoms with Crippen LogP contribution >= 0.6 is 0 Å². The molecule has 2 N–H and O–H groups in total. The van der Waals surface area contributed by atoms with Crippen LogP contribution in [0.25, 0.3) is 11.6 Å². The van der Waals surface area contributed by atoms with E-state index in [2.05, 4.69) is 16.2 Å².